The van der Waals surface area contributed by atoms with Crippen molar-refractivity contribution in [2.24, 2.45) is 0 Å². The number of nitrogens with one attached hydrogen (secondary N) is 2. The fourth-order valence-electron chi connectivity index (χ4n) is 2.36. The number of halogens is 2. The fourth-order valence-corrected chi connectivity index (χ4v) is 3.11. The van der Waals surface area contributed by atoms with E-state index in [9.17, 15) is 18.4 Å². The number of aryl methyl sites for hydroxylation is 1. The van der Waals surface area contributed by atoms with Gasteiger partial charge in [-0.1, -0.05) is 12.1 Å². The van der Waals surface area contributed by atoms with Crippen molar-refractivity contribution in [1.82, 2.24) is 0 Å². The number of hydrogen-bond acceptors (Lipinski definition) is 4. The molecular weight excluding hydrogens is 386 g/mol. The van der Waals surface area contributed by atoms with Gasteiger partial charge in [-0.25, -0.2) is 0 Å². The zero-order valence-corrected chi connectivity index (χ0v) is 16.2. The van der Waals surface area contributed by atoms with E-state index < -0.39 is 6.61 Å². The van der Waals surface area contributed by atoms with Gasteiger partial charge in [-0.2, -0.15) is 20.5 Å². The molecule has 150 valence electrons. The highest BCUT2D eigenvalue weighted by Gasteiger charge is 2.07. The molecule has 0 aliphatic carbocycles. The normalized spacial score (nSPS) is 10.6. The van der Waals surface area contributed by atoms with Gasteiger partial charge in [-0.3, -0.25) is 9.59 Å². The highest BCUT2D eigenvalue weighted by Crippen LogP contribution is 2.18. The lowest BCUT2D eigenvalue weighted by Gasteiger charge is -2.08. The first kappa shape index (κ1) is 21.7. The summed E-state index contributed by atoms with van der Waals surface area (Å²) < 4.78 is 28.4. The van der Waals surface area contributed by atoms with Crippen molar-refractivity contribution < 1.29 is 23.1 Å². The third-order valence-corrected chi connectivity index (χ3v) is 4.63. The molecule has 0 saturated carbocycles. The minimum Gasteiger partial charge on any atom is -0.435 e. The summed E-state index contributed by atoms with van der Waals surface area (Å²) in [7, 11) is 0. The molecule has 2 rings (SSSR count). The quantitative estimate of drug-likeness (QED) is 0.560. The summed E-state index contributed by atoms with van der Waals surface area (Å²) in [5.74, 6) is 0.703. The Morgan fingerprint density at radius 2 is 1.75 bits per heavy atom. The third-order valence-electron chi connectivity index (χ3n) is 3.59. The number of ether oxygens (including phenoxy) is 1. The maximum Gasteiger partial charge on any atom is 0.387 e. The van der Waals surface area contributed by atoms with Crippen molar-refractivity contribution in [2.75, 3.05) is 22.1 Å². The number of rotatable bonds is 10. The largest absolute Gasteiger partial charge is 0.435 e. The maximum absolute atomic E-state index is 12.1. The molecule has 0 atom stereocenters. The SMILES string of the molecule is Cc1cccc(NC(=O)CCCSCC(=O)Nc2ccc(OC(F)F)cc2)c1. The van der Waals surface area contributed by atoms with Crippen LogP contribution in [-0.4, -0.2) is 29.9 Å². The Labute approximate surface area is 166 Å². The predicted octanol–water partition coefficient (Wildman–Crippen LogP) is 4.69. The molecule has 2 amide bonds. The molecule has 0 radical (unpaired) electrons. The first-order valence-corrected chi connectivity index (χ1v) is 9.87. The van der Waals surface area contributed by atoms with Crippen molar-refractivity contribution in [3.63, 3.8) is 0 Å². The second kappa shape index (κ2) is 11.3. The van der Waals surface area contributed by atoms with Gasteiger partial charge in [0.05, 0.1) is 5.75 Å². The van der Waals surface area contributed by atoms with Crippen molar-refractivity contribution in [3.05, 3.63) is 54.1 Å². The molecule has 5 nitrogen and oxygen atoms in total. The van der Waals surface area contributed by atoms with Gasteiger partial charge < -0.3 is 15.4 Å². The average molecular weight is 408 g/mol. The molecule has 0 saturated heterocycles. The lowest BCUT2D eigenvalue weighted by molar-refractivity contribution is -0.116. The molecule has 2 aromatic rings. The van der Waals surface area contributed by atoms with Crippen LogP contribution < -0.4 is 15.4 Å². The second-order valence-corrected chi connectivity index (χ2v) is 7.13. The van der Waals surface area contributed by atoms with E-state index in [0.717, 1.165) is 11.3 Å². The van der Waals surface area contributed by atoms with Crippen LogP contribution in [-0.2, 0) is 9.59 Å². The Morgan fingerprint density at radius 3 is 2.43 bits per heavy atom. The van der Waals surface area contributed by atoms with E-state index in [4.69, 9.17) is 0 Å². The molecule has 0 unspecified atom stereocenters. The summed E-state index contributed by atoms with van der Waals surface area (Å²) in [5, 5.41) is 5.52. The monoisotopic (exact) mass is 408 g/mol. The number of amides is 2. The van der Waals surface area contributed by atoms with Crippen LogP contribution in [0.2, 0.25) is 0 Å². The van der Waals surface area contributed by atoms with Gasteiger partial charge in [0.2, 0.25) is 11.8 Å². The van der Waals surface area contributed by atoms with Gasteiger partial charge in [0.1, 0.15) is 5.75 Å². The zero-order chi connectivity index (χ0) is 20.4. The first-order chi connectivity index (χ1) is 13.4. The molecule has 0 bridgehead atoms. The molecule has 8 heteroatoms. The highest BCUT2D eigenvalue weighted by atomic mass is 32.2. The summed E-state index contributed by atoms with van der Waals surface area (Å²) in [6.45, 7) is -0.918. The predicted molar refractivity (Wildman–Crippen MR) is 108 cm³/mol. The molecule has 0 fully saturated rings. The summed E-state index contributed by atoms with van der Waals surface area (Å²) in [5.41, 5.74) is 2.36. The Kier molecular flexibility index (Phi) is 8.74. The van der Waals surface area contributed by atoms with Crippen LogP contribution in [0.1, 0.15) is 18.4 Å². The summed E-state index contributed by atoms with van der Waals surface area (Å²) in [4.78, 5) is 23.8. The lowest BCUT2D eigenvalue weighted by atomic mass is 10.2. The lowest BCUT2D eigenvalue weighted by Crippen LogP contribution is -2.15. The van der Waals surface area contributed by atoms with Crippen LogP contribution >= 0.6 is 11.8 Å². The summed E-state index contributed by atoms with van der Waals surface area (Å²) in [6, 6.07) is 13.3. The van der Waals surface area contributed by atoms with Crippen LogP contribution in [0.25, 0.3) is 0 Å². The van der Waals surface area contributed by atoms with E-state index in [1.54, 1.807) is 0 Å². The van der Waals surface area contributed by atoms with Crippen LogP contribution in [0.15, 0.2) is 48.5 Å². The van der Waals surface area contributed by atoms with Gasteiger partial charge in [0.15, 0.2) is 0 Å². The standard InChI is InChI=1S/C20H22F2N2O3S/c1-14-4-2-5-16(12-14)24-18(25)6-3-11-28-13-19(26)23-15-7-9-17(10-8-15)27-20(21)22/h2,4-5,7-10,12,20H,3,6,11,13H2,1H3,(H,23,26)(H,24,25). The molecule has 0 aromatic heterocycles. The molecule has 0 aliphatic heterocycles. The zero-order valence-electron chi connectivity index (χ0n) is 15.4. The number of benzene rings is 2. The Bertz CT molecular complexity index is 785. The van der Waals surface area contributed by atoms with Crippen molar-refractivity contribution >= 4 is 35.0 Å². The smallest absolute Gasteiger partial charge is 0.387 e. The van der Waals surface area contributed by atoms with E-state index in [-0.39, 0.29) is 23.3 Å². The van der Waals surface area contributed by atoms with E-state index in [0.29, 0.717) is 24.3 Å². The highest BCUT2D eigenvalue weighted by molar-refractivity contribution is 7.99. The average Bonchev–Trinajstić information content (AvgIpc) is 2.62. The van der Waals surface area contributed by atoms with Gasteiger partial charge in [0, 0.05) is 17.8 Å². The summed E-state index contributed by atoms with van der Waals surface area (Å²) >= 11 is 1.43. The van der Waals surface area contributed by atoms with Crippen molar-refractivity contribution in [1.29, 1.82) is 0 Å². The molecular formula is C20H22F2N2O3S. The van der Waals surface area contributed by atoms with Crippen molar-refractivity contribution in [2.45, 2.75) is 26.4 Å². The number of hydrogen-bond donors (Lipinski definition) is 2. The molecule has 28 heavy (non-hydrogen) atoms. The second-order valence-electron chi connectivity index (χ2n) is 6.02. The Hall–Kier alpha value is -2.61. The van der Waals surface area contributed by atoms with Gasteiger partial charge in [0.25, 0.3) is 0 Å². The van der Waals surface area contributed by atoms with Gasteiger partial charge in [-0.15, -0.1) is 0 Å². The van der Waals surface area contributed by atoms with E-state index in [1.807, 2.05) is 31.2 Å². The Balaban J connectivity index is 1.60. The molecule has 0 spiro atoms. The third kappa shape index (κ3) is 8.39. The number of thioether (sulfide) groups is 1. The van der Waals surface area contributed by atoms with E-state index >= 15 is 0 Å². The van der Waals surface area contributed by atoms with Gasteiger partial charge >= 0.3 is 6.61 Å². The molecule has 0 heterocycles. The summed E-state index contributed by atoms with van der Waals surface area (Å²) in [6.07, 6.45) is 1.05. The fraction of sp³-hybridized carbons (Fsp3) is 0.300. The minimum atomic E-state index is -2.88. The number of carbonyl (C=O) groups excluding carboxylic acids is 2. The number of alkyl halides is 2. The van der Waals surface area contributed by atoms with Crippen LogP contribution in [0, 0.1) is 6.92 Å². The molecule has 2 aromatic carbocycles. The topological polar surface area (TPSA) is 67.4 Å². The van der Waals surface area contributed by atoms with Crippen molar-refractivity contribution in [3.8, 4) is 5.75 Å². The van der Waals surface area contributed by atoms with Crippen LogP contribution in [0.5, 0.6) is 5.75 Å². The van der Waals surface area contributed by atoms with Crippen LogP contribution in [0.3, 0.4) is 0 Å². The van der Waals surface area contributed by atoms with E-state index in [2.05, 4.69) is 15.4 Å². The Morgan fingerprint density at radius 1 is 1.04 bits per heavy atom. The maximum atomic E-state index is 12.1. The van der Waals surface area contributed by atoms with E-state index in [1.165, 1.54) is 36.0 Å². The minimum absolute atomic E-state index is 0.0336. The number of carbonyl (C=O) groups is 2. The molecule has 0 aliphatic rings. The molecule has 2 N–H and O–H groups in total. The van der Waals surface area contributed by atoms with Crippen LogP contribution in [0.4, 0.5) is 20.2 Å². The number of anilines is 2. The van der Waals surface area contributed by atoms with Gasteiger partial charge in [-0.05, 0) is 61.1 Å². The first-order valence-electron chi connectivity index (χ1n) is 8.71.